The summed E-state index contributed by atoms with van der Waals surface area (Å²) in [5.74, 6) is -0.0846. The second-order valence-corrected chi connectivity index (χ2v) is 6.74. The van der Waals surface area contributed by atoms with Crippen molar-refractivity contribution in [2.24, 2.45) is 0 Å². The van der Waals surface area contributed by atoms with Crippen LogP contribution in [0.25, 0.3) is 0 Å². The fraction of sp³-hybridized carbons (Fsp3) is 0.250. The Balaban J connectivity index is 2.07. The second kappa shape index (κ2) is 7.89. The number of nitrogens with zero attached hydrogens (tertiary/aromatic N) is 1. The number of nitrogens with one attached hydrogen (secondary N) is 1. The molecule has 2 aromatic rings. The van der Waals surface area contributed by atoms with Gasteiger partial charge in [0.05, 0.1) is 12.0 Å². The van der Waals surface area contributed by atoms with Gasteiger partial charge in [-0.2, -0.15) is 0 Å². The molecule has 0 aliphatic carbocycles. The fourth-order valence-corrected chi connectivity index (χ4v) is 3.01. The summed E-state index contributed by atoms with van der Waals surface area (Å²) in [5, 5.41) is 0. The van der Waals surface area contributed by atoms with Crippen LogP contribution in [0.2, 0.25) is 0 Å². The number of esters is 1. The van der Waals surface area contributed by atoms with Crippen molar-refractivity contribution in [3.05, 3.63) is 53.9 Å². The van der Waals surface area contributed by atoms with Crippen molar-refractivity contribution in [1.29, 1.82) is 0 Å². The number of benzene rings is 1. The van der Waals surface area contributed by atoms with Crippen molar-refractivity contribution in [2.45, 2.75) is 18.4 Å². The third-order valence-electron chi connectivity index (χ3n) is 3.25. The lowest BCUT2D eigenvalue weighted by atomic mass is 10.2. The van der Waals surface area contributed by atoms with Crippen LogP contribution in [0.4, 0.5) is 0 Å². The molecule has 128 valence electrons. The van der Waals surface area contributed by atoms with Gasteiger partial charge in [0, 0.05) is 18.9 Å². The van der Waals surface area contributed by atoms with E-state index in [1.165, 1.54) is 25.3 Å². The zero-order valence-corrected chi connectivity index (χ0v) is 14.2. The maximum absolute atomic E-state index is 12.3. The highest BCUT2D eigenvalue weighted by atomic mass is 32.2. The summed E-state index contributed by atoms with van der Waals surface area (Å²) >= 11 is 0. The number of carbonyl (C=O) groups excluding carboxylic acids is 1. The van der Waals surface area contributed by atoms with Crippen molar-refractivity contribution >= 4 is 16.0 Å². The van der Waals surface area contributed by atoms with Gasteiger partial charge in [-0.15, -0.1) is 0 Å². The maximum atomic E-state index is 12.3. The van der Waals surface area contributed by atoms with Gasteiger partial charge < -0.3 is 9.47 Å². The predicted octanol–water partition coefficient (Wildman–Crippen LogP) is 1.42. The average Bonchev–Trinajstić information content (AvgIpc) is 2.59. The van der Waals surface area contributed by atoms with Crippen molar-refractivity contribution in [3.63, 3.8) is 0 Å². The van der Waals surface area contributed by atoms with Gasteiger partial charge in [0.15, 0.2) is 6.61 Å². The first-order valence-electron chi connectivity index (χ1n) is 7.11. The van der Waals surface area contributed by atoms with Gasteiger partial charge in [-0.25, -0.2) is 17.9 Å². The molecule has 1 N–H and O–H groups in total. The van der Waals surface area contributed by atoms with Gasteiger partial charge in [-0.3, -0.25) is 4.98 Å². The minimum atomic E-state index is -3.65. The number of ether oxygens (including phenoxy) is 2. The molecule has 8 heteroatoms. The zero-order valence-electron chi connectivity index (χ0n) is 13.4. The van der Waals surface area contributed by atoms with Crippen LogP contribution in [0.15, 0.2) is 47.6 Å². The standard InChI is InChI=1S/C16H18N2O5S/c1-12-9-14(3-4-15(12)23-11-16(19)22-2)24(20,21)18-10-13-5-7-17-8-6-13/h3-9,18H,10-11H2,1-2H3. The summed E-state index contributed by atoms with van der Waals surface area (Å²) in [6.45, 7) is 1.64. The third kappa shape index (κ3) is 4.77. The molecule has 24 heavy (non-hydrogen) atoms. The fourth-order valence-electron chi connectivity index (χ4n) is 1.91. The highest BCUT2D eigenvalue weighted by Gasteiger charge is 2.15. The zero-order chi connectivity index (χ0) is 17.6. The number of aryl methyl sites for hydroxylation is 1. The van der Waals surface area contributed by atoms with Gasteiger partial charge in [0.1, 0.15) is 5.75 Å². The summed E-state index contributed by atoms with van der Waals surface area (Å²) in [5.41, 5.74) is 1.41. The average molecular weight is 350 g/mol. The Morgan fingerprint density at radius 3 is 2.54 bits per heavy atom. The van der Waals surface area contributed by atoms with Crippen LogP contribution in [0, 0.1) is 6.92 Å². The summed E-state index contributed by atoms with van der Waals surface area (Å²) in [7, 11) is -2.38. The Morgan fingerprint density at radius 1 is 1.21 bits per heavy atom. The minimum absolute atomic E-state index is 0.125. The van der Waals surface area contributed by atoms with E-state index < -0.39 is 16.0 Å². The third-order valence-corrected chi connectivity index (χ3v) is 4.64. The van der Waals surface area contributed by atoms with E-state index in [0.29, 0.717) is 11.3 Å². The summed E-state index contributed by atoms with van der Waals surface area (Å²) in [6, 6.07) is 7.89. The van der Waals surface area contributed by atoms with Gasteiger partial charge in [0.2, 0.25) is 10.0 Å². The van der Waals surface area contributed by atoms with Gasteiger partial charge >= 0.3 is 5.97 Å². The van der Waals surface area contributed by atoms with E-state index in [0.717, 1.165) is 5.56 Å². The quantitative estimate of drug-likeness (QED) is 0.759. The van der Waals surface area contributed by atoms with E-state index in [1.54, 1.807) is 31.5 Å². The van der Waals surface area contributed by atoms with Crippen molar-refractivity contribution in [3.8, 4) is 5.75 Å². The van der Waals surface area contributed by atoms with Crippen LogP contribution in [-0.2, 0) is 26.1 Å². The SMILES string of the molecule is COC(=O)COc1ccc(S(=O)(=O)NCc2ccncc2)cc1C. The number of rotatable bonds is 7. The molecule has 1 aromatic heterocycles. The highest BCUT2D eigenvalue weighted by molar-refractivity contribution is 7.89. The molecule has 0 saturated carbocycles. The molecule has 0 aliphatic rings. The van der Waals surface area contributed by atoms with Crippen LogP contribution in [-0.4, -0.2) is 33.1 Å². The summed E-state index contributed by atoms with van der Waals surface area (Å²) < 4.78 is 37.0. The predicted molar refractivity (Wildman–Crippen MR) is 87.0 cm³/mol. The van der Waals surface area contributed by atoms with Crippen LogP contribution in [0.3, 0.4) is 0 Å². The molecular formula is C16H18N2O5S. The Hall–Kier alpha value is -2.45. The van der Waals surface area contributed by atoms with Gasteiger partial charge in [0.25, 0.3) is 0 Å². The van der Waals surface area contributed by atoms with Crippen LogP contribution >= 0.6 is 0 Å². The second-order valence-electron chi connectivity index (χ2n) is 4.97. The van der Waals surface area contributed by atoms with Gasteiger partial charge in [-0.05, 0) is 48.4 Å². The van der Waals surface area contributed by atoms with Crippen molar-refractivity contribution in [2.75, 3.05) is 13.7 Å². The summed E-state index contributed by atoms with van der Waals surface area (Å²) in [4.78, 5) is 15.1. The van der Waals surface area contributed by atoms with E-state index in [1.807, 2.05) is 0 Å². The molecule has 7 nitrogen and oxygen atoms in total. The molecular weight excluding hydrogens is 332 g/mol. The lowest BCUT2D eigenvalue weighted by Gasteiger charge is -2.11. The van der Waals surface area contributed by atoms with E-state index in [2.05, 4.69) is 14.4 Å². The number of aromatic nitrogens is 1. The number of hydrogen-bond donors (Lipinski definition) is 1. The summed E-state index contributed by atoms with van der Waals surface area (Å²) in [6.07, 6.45) is 3.20. The molecule has 0 aliphatic heterocycles. The number of hydrogen-bond acceptors (Lipinski definition) is 6. The molecule has 0 fully saturated rings. The van der Waals surface area contributed by atoms with Crippen molar-refractivity contribution < 1.29 is 22.7 Å². The monoisotopic (exact) mass is 350 g/mol. The topological polar surface area (TPSA) is 94.6 Å². The molecule has 0 radical (unpaired) electrons. The molecule has 0 atom stereocenters. The smallest absolute Gasteiger partial charge is 0.343 e. The molecule has 2 rings (SSSR count). The van der Waals surface area contributed by atoms with Gasteiger partial charge in [-0.1, -0.05) is 0 Å². The normalized spacial score (nSPS) is 11.1. The molecule has 0 spiro atoms. The lowest BCUT2D eigenvalue weighted by molar-refractivity contribution is -0.142. The first-order chi connectivity index (χ1) is 11.4. The Kier molecular flexibility index (Phi) is 5.88. The Morgan fingerprint density at radius 2 is 1.92 bits per heavy atom. The minimum Gasteiger partial charge on any atom is -0.482 e. The first kappa shape index (κ1) is 17.9. The molecule has 0 bridgehead atoms. The molecule has 1 heterocycles. The number of sulfonamides is 1. The maximum Gasteiger partial charge on any atom is 0.343 e. The first-order valence-corrected chi connectivity index (χ1v) is 8.59. The van der Waals surface area contributed by atoms with Crippen LogP contribution in [0.1, 0.15) is 11.1 Å². The van der Waals surface area contributed by atoms with E-state index in [4.69, 9.17) is 4.74 Å². The number of pyridine rings is 1. The molecule has 0 saturated heterocycles. The van der Waals surface area contributed by atoms with Crippen molar-refractivity contribution in [1.82, 2.24) is 9.71 Å². The number of carbonyl (C=O) groups is 1. The molecule has 0 unspecified atom stereocenters. The van der Waals surface area contributed by atoms with E-state index >= 15 is 0 Å². The van der Waals surface area contributed by atoms with E-state index in [-0.39, 0.29) is 18.0 Å². The molecule has 1 aromatic carbocycles. The Labute approximate surface area is 140 Å². The van der Waals surface area contributed by atoms with Crippen LogP contribution in [0.5, 0.6) is 5.75 Å². The van der Waals surface area contributed by atoms with E-state index in [9.17, 15) is 13.2 Å². The lowest BCUT2D eigenvalue weighted by Crippen LogP contribution is -2.23. The number of methoxy groups -OCH3 is 1. The Bertz CT molecular complexity index is 806. The largest absolute Gasteiger partial charge is 0.482 e. The van der Waals surface area contributed by atoms with Crippen LogP contribution < -0.4 is 9.46 Å². The molecule has 0 amide bonds. The highest BCUT2D eigenvalue weighted by Crippen LogP contribution is 2.22.